The Bertz CT molecular complexity index is 815. The molecule has 1 aliphatic heterocycles. The number of ether oxygens (including phenoxy) is 1. The highest BCUT2D eigenvalue weighted by Gasteiger charge is 2.22. The molecule has 3 rings (SSSR count). The van der Waals surface area contributed by atoms with Gasteiger partial charge >= 0.3 is 0 Å². The molecule has 2 N–H and O–H groups in total. The van der Waals surface area contributed by atoms with E-state index in [1.54, 1.807) is 17.8 Å². The molecule has 2 amide bonds. The van der Waals surface area contributed by atoms with Crippen LogP contribution in [0.5, 0.6) is 0 Å². The van der Waals surface area contributed by atoms with E-state index in [1.807, 2.05) is 37.3 Å². The third-order valence-corrected chi connectivity index (χ3v) is 5.12. The van der Waals surface area contributed by atoms with Gasteiger partial charge < -0.3 is 15.4 Å². The molecular formula is C21H29N5O3. The average molecular weight is 399 g/mol. The van der Waals surface area contributed by atoms with Crippen molar-refractivity contribution in [2.75, 3.05) is 46.4 Å². The number of morpholine rings is 1. The van der Waals surface area contributed by atoms with Gasteiger partial charge in [0.2, 0.25) is 0 Å². The molecule has 2 heterocycles. The van der Waals surface area contributed by atoms with Crippen LogP contribution in [-0.2, 0) is 4.74 Å². The van der Waals surface area contributed by atoms with Gasteiger partial charge in [-0.25, -0.2) is 0 Å². The Labute approximate surface area is 171 Å². The maximum Gasteiger partial charge on any atom is 0.271 e. The molecule has 1 saturated heterocycles. The molecular weight excluding hydrogens is 370 g/mol. The predicted molar refractivity (Wildman–Crippen MR) is 110 cm³/mol. The summed E-state index contributed by atoms with van der Waals surface area (Å²) in [6.07, 6.45) is 0.858. The highest BCUT2D eigenvalue weighted by atomic mass is 16.5. The molecule has 1 aromatic heterocycles. The maximum atomic E-state index is 12.8. The van der Waals surface area contributed by atoms with Crippen LogP contribution < -0.4 is 10.6 Å². The quantitative estimate of drug-likeness (QED) is 0.654. The monoisotopic (exact) mass is 399 g/mol. The second-order valence-corrected chi connectivity index (χ2v) is 7.09. The van der Waals surface area contributed by atoms with Gasteiger partial charge in [-0.15, -0.1) is 0 Å². The number of aromatic nitrogens is 2. The van der Waals surface area contributed by atoms with Gasteiger partial charge in [-0.05, 0) is 25.5 Å². The van der Waals surface area contributed by atoms with Crippen molar-refractivity contribution in [2.24, 2.45) is 0 Å². The molecule has 0 bridgehead atoms. The topological polar surface area (TPSA) is 88.5 Å². The first-order chi connectivity index (χ1) is 14.1. The molecule has 8 heteroatoms. The first kappa shape index (κ1) is 21.0. The number of nitrogens with zero attached hydrogens (tertiary/aromatic N) is 3. The first-order valence-electron chi connectivity index (χ1n) is 10.0. The molecule has 2 aromatic rings. The zero-order valence-corrected chi connectivity index (χ0v) is 17.1. The lowest BCUT2D eigenvalue weighted by molar-refractivity contribution is 0.0374. The van der Waals surface area contributed by atoms with Gasteiger partial charge in [-0.1, -0.05) is 30.3 Å². The molecule has 29 heavy (non-hydrogen) atoms. The van der Waals surface area contributed by atoms with Crippen molar-refractivity contribution in [3.63, 3.8) is 0 Å². The molecule has 1 aromatic carbocycles. The average Bonchev–Trinajstić information content (AvgIpc) is 3.22. The Kier molecular flexibility index (Phi) is 7.37. The normalized spacial score (nSPS) is 15.7. The Morgan fingerprint density at radius 1 is 1.17 bits per heavy atom. The van der Waals surface area contributed by atoms with Crippen LogP contribution in [0.2, 0.25) is 0 Å². The van der Waals surface area contributed by atoms with Crippen LogP contribution in [-0.4, -0.2) is 72.9 Å². The van der Waals surface area contributed by atoms with Gasteiger partial charge in [-0.3, -0.25) is 19.2 Å². The lowest BCUT2D eigenvalue weighted by atomic mass is 10.1. The van der Waals surface area contributed by atoms with E-state index in [-0.39, 0.29) is 23.6 Å². The molecule has 0 aliphatic carbocycles. The fourth-order valence-electron chi connectivity index (χ4n) is 3.39. The maximum absolute atomic E-state index is 12.8. The summed E-state index contributed by atoms with van der Waals surface area (Å²) >= 11 is 0. The summed E-state index contributed by atoms with van der Waals surface area (Å²) in [7, 11) is 1.55. The summed E-state index contributed by atoms with van der Waals surface area (Å²) in [5, 5.41) is 9.93. The summed E-state index contributed by atoms with van der Waals surface area (Å²) in [5.41, 5.74) is 1.63. The van der Waals surface area contributed by atoms with Crippen molar-refractivity contribution in [2.45, 2.75) is 19.4 Å². The van der Waals surface area contributed by atoms with Gasteiger partial charge in [0.15, 0.2) is 5.69 Å². The van der Waals surface area contributed by atoms with Crippen molar-refractivity contribution in [1.29, 1.82) is 0 Å². The molecule has 8 nitrogen and oxygen atoms in total. The lowest BCUT2D eigenvalue weighted by Crippen LogP contribution is -2.38. The Balaban J connectivity index is 1.68. The number of nitrogens with one attached hydrogen (secondary N) is 2. The highest BCUT2D eigenvalue weighted by molar-refractivity contribution is 5.97. The van der Waals surface area contributed by atoms with Gasteiger partial charge in [-0.2, -0.15) is 5.10 Å². The molecule has 0 radical (unpaired) electrons. The van der Waals surface area contributed by atoms with E-state index in [0.717, 1.165) is 44.8 Å². The van der Waals surface area contributed by atoms with Gasteiger partial charge in [0.25, 0.3) is 11.8 Å². The van der Waals surface area contributed by atoms with E-state index in [4.69, 9.17) is 4.74 Å². The third kappa shape index (κ3) is 5.42. The van der Waals surface area contributed by atoms with Crippen LogP contribution in [0.1, 0.15) is 45.9 Å². The number of benzene rings is 1. The number of carbonyl (C=O) groups excluding carboxylic acids is 2. The van der Waals surface area contributed by atoms with Crippen molar-refractivity contribution >= 4 is 11.8 Å². The zero-order valence-electron chi connectivity index (χ0n) is 17.1. The fourth-order valence-corrected chi connectivity index (χ4v) is 3.39. The smallest absolute Gasteiger partial charge is 0.271 e. The number of hydrogen-bond acceptors (Lipinski definition) is 5. The number of rotatable bonds is 8. The summed E-state index contributed by atoms with van der Waals surface area (Å²) in [5.74, 6) is -0.539. The summed E-state index contributed by atoms with van der Waals surface area (Å²) < 4.78 is 6.97. The largest absolute Gasteiger partial charge is 0.379 e. The van der Waals surface area contributed by atoms with Crippen molar-refractivity contribution < 1.29 is 14.3 Å². The van der Waals surface area contributed by atoms with Crippen LogP contribution in [0.4, 0.5) is 0 Å². The molecule has 0 saturated carbocycles. The third-order valence-electron chi connectivity index (χ3n) is 5.12. The number of hydrogen-bond donors (Lipinski definition) is 2. The van der Waals surface area contributed by atoms with E-state index < -0.39 is 0 Å². The number of amides is 2. The first-order valence-corrected chi connectivity index (χ1v) is 10.0. The zero-order chi connectivity index (χ0) is 20.6. The highest BCUT2D eigenvalue weighted by Crippen LogP contribution is 2.20. The van der Waals surface area contributed by atoms with E-state index in [0.29, 0.717) is 12.2 Å². The molecule has 156 valence electrons. The van der Waals surface area contributed by atoms with Crippen LogP contribution in [0.15, 0.2) is 36.4 Å². The Morgan fingerprint density at radius 2 is 1.90 bits per heavy atom. The van der Waals surface area contributed by atoms with Crippen molar-refractivity contribution in [3.05, 3.63) is 53.3 Å². The minimum absolute atomic E-state index is 0.177. The SMILES string of the molecule is CNC(=O)c1cc(C(=O)NCCCN2CCOCC2)n(C(C)c2ccccc2)n1. The lowest BCUT2D eigenvalue weighted by Gasteiger charge is -2.26. The second-order valence-electron chi connectivity index (χ2n) is 7.09. The molecule has 1 atom stereocenters. The molecule has 1 fully saturated rings. The van der Waals surface area contributed by atoms with Crippen LogP contribution in [0.25, 0.3) is 0 Å². The van der Waals surface area contributed by atoms with Crippen LogP contribution in [0.3, 0.4) is 0 Å². The summed E-state index contributed by atoms with van der Waals surface area (Å²) in [4.78, 5) is 27.2. The van der Waals surface area contributed by atoms with E-state index in [2.05, 4.69) is 20.6 Å². The molecule has 0 spiro atoms. The van der Waals surface area contributed by atoms with E-state index in [9.17, 15) is 9.59 Å². The van der Waals surface area contributed by atoms with Crippen LogP contribution >= 0.6 is 0 Å². The minimum Gasteiger partial charge on any atom is -0.379 e. The predicted octanol–water partition coefficient (Wildman–Crippen LogP) is 1.30. The van der Waals surface area contributed by atoms with Crippen molar-refractivity contribution in [1.82, 2.24) is 25.3 Å². The fraction of sp³-hybridized carbons (Fsp3) is 0.476. The Hall–Kier alpha value is -2.71. The standard InChI is InChI=1S/C21H29N5O3/c1-16(17-7-4-3-5-8-17)26-19(15-18(24-26)20(27)22-2)21(28)23-9-6-10-25-11-13-29-14-12-25/h3-5,7-8,15-16H,6,9-14H2,1-2H3,(H,22,27)(H,23,28). The van der Waals surface area contributed by atoms with Gasteiger partial charge in [0, 0.05) is 32.7 Å². The van der Waals surface area contributed by atoms with Gasteiger partial charge in [0.1, 0.15) is 5.69 Å². The van der Waals surface area contributed by atoms with Crippen molar-refractivity contribution in [3.8, 4) is 0 Å². The number of carbonyl (C=O) groups is 2. The molecule has 1 aliphatic rings. The summed E-state index contributed by atoms with van der Waals surface area (Å²) in [6, 6.07) is 11.2. The van der Waals surface area contributed by atoms with Gasteiger partial charge in [0.05, 0.1) is 19.3 Å². The van der Waals surface area contributed by atoms with Crippen LogP contribution in [0, 0.1) is 0 Å². The Morgan fingerprint density at radius 3 is 2.59 bits per heavy atom. The second kappa shape index (κ2) is 10.2. The summed E-state index contributed by atoms with van der Waals surface area (Å²) in [6.45, 7) is 6.86. The van der Waals surface area contributed by atoms with E-state index in [1.165, 1.54) is 0 Å². The molecule has 1 unspecified atom stereocenters. The van der Waals surface area contributed by atoms with E-state index >= 15 is 0 Å². The minimum atomic E-state index is -0.314.